The quantitative estimate of drug-likeness (QED) is 0.419. The topological polar surface area (TPSA) is 76.9 Å². The van der Waals surface area contributed by atoms with Crippen LogP contribution in [0.5, 0.6) is 5.75 Å². The Morgan fingerprint density at radius 1 is 1.00 bits per heavy atom. The molecule has 4 rings (SSSR count). The van der Waals surface area contributed by atoms with Crippen LogP contribution in [0.25, 0.3) is 0 Å². The molecule has 160 valence electrons. The Labute approximate surface area is 181 Å². The van der Waals surface area contributed by atoms with Gasteiger partial charge < -0.3 is 9.47 Å². The predicted octanol–water partition coefficient (Wildman–Crippen LogP) is 3.91. The highest BCUT2D eigenvalue weighted by molar-refractivity contribution is 5.36. The standard InChI is InChI=1S/C24H25N3O4/c28-27(29)22-11-13-23(14-12-22)30-19-24(21-9-5-2-6-10-21)26(17-18-31-24)25-16-15-20-7-3-1-4-8-20/h1-14,25H,15-19H2. The summed E-state index contributed by atoms with van der Waals surface area (Å²) in [6.45, 7) is 2.29. The highest BCUT2D eigenvalue weighted by Crippen LogP contribution is 2.34. The minimum Gasteiger partial charge on any atom is -0.489 e. The zero-order valence-corrected chi connectivity index (χ0v) is 17.1. The van der Waals surface area contributed by atoms with Crippen molar-refractivity contribution in [3.05, 3.63) is 106 Å². The Morgan fingerprint density at radius 3 is 2.35 bits per heavy atom. The molecule has 7 heteroatoms. The van der Waals surface area contributed by atoms with Gasteiger partial charge in [-0.1, -0.05) is 60.7 Å². The maximum Gasteiger partial charge on any atom is 0.269 e. The SMILES string of the molecule is O=[N+]([O-])c1ccc(OCC2(c3ccccc3)OCCN2NCCc2ccccc2)cc1. The summed E-state index contributed by atoms with van der Waals surface area (Å²) in [5, 5.41) is 13.0. The van der Waals surface area contributed by atoms with Crippen molar-refractivity contribution >= 4 is 5.69 Å². The molecule has 3 aromatic rings. The summed E-state index contributed by atoms with van der Waals surface area (Å²) in [5.74, 6) is 0.556. The molecule has 0 bridgehead atoms. The van der Waals surface area contributed by atoms with Crippen LogP contribution in [0.1, 0.15) is 11.1 Å². The molecule has 0 aliphatic carbocycles. The van der Waals surface area contributed by atoms with Gasteiger partial charge in [0, 0.05) is 30.8 Å². The van der Waals surface area contributed by atoms with E-state index in [1.54, 1.807) is 12.1 Å². The summed E-state index contributed by atoms with van der Waals surface area (Å²) in [6.07, 6.45) is 0.894. The van der Waals surface area contributed by atoms with Crippen molar-refractivity contribution in [3.8, 4) is 5.75 Å². The van der Waals surface area contributed by atoms with Gasteiger partial charge in [-0.2, -0.15) is 0 Å². The Morgan fingerprint density at radius 2 is 1.68 bits per heavy atom. The van der Waals surface area contributed by atoms with Gasteiger partial charge in [-0.05, 0) is 24.1 Å². The summed E-state index contributed by atoms with van der Waals surface area (Å²) in [5.41, 5.74) is 5.01. The largest absolute Gasteiger partial charge is 0.489 e. The lowest BCUT2D eigenvalue weighted by molar-refractivity contribution is -0.384. The van der Waals surface area contributed by atoms with Gasteiger partial charge in [0.25, 0.3) is 5.69 Å². The minimum absolute atomic E-state index is 0.0337. The number of rotatable bonds is 9. The molecule has 1 saturated heterocycles. The molecule has 7 nitrogen and oxygen atoms in total. The van der Waals surface area contributed by atoms with E-state index in [0.29, 0.717) is 18.9 Å². The summed E-state index contributed by atoms with van der Waals surface area (Å²) in [6, 6.07) is 26.4. The highest BCUT2D eigenvalue weighted by Gasteiger charge is 2.45. The van der Waals surface area contributed by atoms with Crippen molar-refractivity contribution < 1.29 is 14.4 Å². The van der Waals surface area contributed by atoms with Crippen LogP contribution in [-0.2, 0) is 16.9 Å². The van der Waals surface area contributed by atoms with Gasteiger partial charge in [-0.25, -0.2) is 5.01 Å². The van der Waals surface area contributed by atoms with Crippen LogP contribution >= 0.6 is 0 Å². The Balaban J connectivity index is 1.49. The zero-order chi connectivity index (χ0) is 21.5. The first-order chi connectivity index (χ1) is 15.2. The van der Waals surface area contributed by atoms with Gasteiger partial charge in [0.15, 0.2) is 5.72 Å². The van der Waals surface area contributed by atoms with Crippen LogP contribution in [-0.4, -0.2) is 36.2 Å². The molecule has 0 aromatic heterocycles. The third-order valence-electron chi connectivity index (χ3n) is 5.36. The van der Waals surface area contributed by atoms with E-state index in [1.165, 1.54) is 17.7 Å². The molecule has 1 unspecified atom stereocenters. The number of nitrogens with one attached hydrogen (secondary N) is 1. The lowest BCUT2D eigenvalue weighted by atomic mass is 10.0. The van der Waals surface area contributed by atoms with E-state index in [2.05, 4.69) is 22.6 Å². The molecule has 1 atom stereocenters. The molecule has 0 spiro atoms. The Kier molecular flexibility index (Phi) is 6.57. The van der Waals surface area contributed by atoms with Crippen molar-refractivity contribution in [1.29, 1.82) is 0 Å². The predicted molar refractivity (Wildman–Crippen MR) is 118 cm³/mol. The Bertz CT molecular complexity index is 983. The number of nitro groups is 1. The van der Waals surface area contributed by atoms with Crippen LogP contribution in [0.15, 0.2) is 84.9 Å². The first-order valence-corrected chi connectivity index (χ1v) is 10.3. The maximum absolute atomic E-state index is 10.9. The van der Waals surface area contributed by atoms with Crippen LogP contribution in [0.2, 0.25) is 0 Å². The average molecular weight is 419 g/mol. The second-order valence-corrected chi connectivity index (χ2v) is 7.33. The fourth-order valence-electron chi connectivity index (χ4n) is 3.74. The fraction of sp³-hybridized carbons (Fsp3) is 0.250. The molecular formula is C24H25N3O4. The van der Waals surface area contributed by atoms with Gasteiger partial charge in [0.05, 0.1) is 11.5 Å². The van der Waals surface area contributed by atoms with E-state index in [-0.39, 0.29) is 12.3 Å². The van der Waals surface area contributed by atoms with E-state index >= 15 is 0 Å². The molecule has 1 fully saturated rings. The number of benzene rings is 3. The number of ether oxygens (including phenoxy) is 2. The van der Waals surface area contributed by atoms with Gasteiger partial charge in [-0.15, -0.1) is 0 Å². The molecule has 0 amide bonds. The number of nitrogens with zero attached hydrogens (tertiary/aromatic N) is 2. The Hall–Kier alpha value is -3.26. The summed E-state index contributed by atoms with van der Waals surface area (Å²) >= 11 is 0. The molecule has 1 aliphatic rings. The van der Waals surface area contributed by atoms with E-state index in [1.807, 2.05) is 48.5 Å². The monoisotopic (exact) mass is 419 g/mol. The van der Waals surface area contributed by atoms with Crippen molar-refractivity contribution in [2.75, 3.05) is 26.3 Å². The first kappa shape index (κ1) is 21.0. The summed E-state index contributed by atoms with van der Waals surface area (Å²) in [4.78, 5) is 10.5. The van der Waals surface area contributed by atoms with Gasteiger partial charge in [0.2, 0.25) is 0 Å². The van der Waals surface area contributed by atoms with E-state index in [4.69, 9.17) is 9.47 Å². The average Bonchev–Trinajstić information content (AvgIpc) is 3.23. The van der Waals surface area contributed by atoms with Gasteiger partial charge in [-0.3, -0.25) is 15.5 Å². The fourth-order valence-corrected chi connectivity index (χ4v) is 3.74. The normalized spacial score (nSPS) is 18.7. The number of nitro benzene ring substituents is 1. The van der Waals surface area contributed by atoms with E-state index in [0.717, 1.165) is 18.5 Å². The number of hydrazine groups is 1. The number of non-ortho nitro benzene ring substituents is 1. The van der Waals surface area contributed by atoms with Crippen molar-refractivity contribution in [1.82, 2.24) is 10.4 Å². The third kappa shape index (κ3) is 4.91. The second kappa shape index (κ2) is 9.70. The lowest BCUT2D eigenvalue weighted by Gasteiger charge is -2.37. The van der Waals surface area contributed by atoms with Crippen molar-refractivity contribution in [3.63, 3.8) is 0 Å². The molecule has 1 heterocycles. The van der Waals surface area contributed by atoms with Crippen LogP contribution < -0.4 is 10.2 Å². The lowest BCUT2D eigenvalue weighted by Crippen LogP contribution is -2.54. The van der Waals surface area contributed by atoms with Crippen molar-refractivity contribution in [2.45, 2.75) is 12.1 Å². The van der Waals surface area contributed by atoms with Crippen LogP contribution in [0, 0.1) is 10.1 Å². The number of hydrogen-bond acceptors (Lipinski definition) is 6. The van der Waals surface area contributed by atoms with Gasteiger partial charge >= 0.3 is 0 Å². The zero-order valence-electron chi connectivity index (χ0n) is 17.1. The van der Waals surface area contributed by atoms with E-state index < -0.39 is 10.6 Å². The molecule has 3 aromatic carbocycles. The molecule has 31 heavy (non-hydrogen) atoms. The van der Waals surface area contributed by atoms with Gasteiger partial charge in [0.1, 0.15) is 12.4 Å². The van der Waals surface area contributed by atoms with Crippen molar-refractivity contribution in [2.24, 2.45) is 0 Å². The first-order valence-electron chi connectivity index (χ1n) is 10.3. The molecule has 0 saturated carbocycles. The smallest absolute Gasteiger partial charge is 0.269 e. The maximum atomic E-state index is 10.9. The number of hydrogen-bond donors (Lipinski definition) is 1. The summed E-state index contributed by atoms with van der Waals surface area (Å²) in [7, 11) is 0. The van der Waals surface area contributed by atoms with Crippen LogP contribution in [0.4, 0.5) is 5.69 Å². The third-order valence-corrected chi connectivity index (χ3v) is 5.36. The van der Waals surface area contributed by atoms with E-state index in [9.17, 15) is 10.1 Å². The molecule has 1 N–H and O–H groups in total. The molecule has 1 aliphatic heterocycles. The minimum atomic E-state index is -0.792. The molecular weight excluding hydrogens is 394 g/mol. The summed E-state index contributed by atoms with van der Waals surface area (Å²) < 4.78 is 12.3. The highest BCUT2D eigenvalue weighted by atomic mass is 16.6. The second-order valence-electron chi connectivity index (χ2n) is 7.33. The molecule has 0 radical (unpaired) electrons. The van der Waals surface area contributed by atoms with Crippen LogP contribution in [0.3, 0.4) is 0 Å².